The van der Waals surface area contributed by atoms with Gasteiger partial charge in [0.15, 0.2) is 5.13 Å². The van der Waals surface area contributed by atoms with Crippen LogP contribution >= 0.6 is 11.3 Å². The van der Waals surface area contributed by atoms with Crippen LogP contribution in [0.4, 0.5) is 5.13 Å². The van der Waals surface area contributed by atoms with Crippen LogP contribution in [0.2, 0.25) is 0 Å². The molecule has 0 aliphatic heterocycles. The Morgan fingerprint density at radius 3 is 2.23 bits per heavy atom. The van der Waals surface area contributed by atoms with Gasteiger partial charge in [0.1, 0.15) is 0 Å². The summed E-state index contributed by atoms with van der Waals surface area (Å²) in [6.45, 7) is 10.6. The summed E-state index contributed by atoms with van der Waals surface area (Å²) < 4.78 is 27.7. The van der Waals surface area contributed by atoms with Crippen molar-refractivity contribution in [2.24, 2.45) is 0 Å². The van der Waals surface area contributed by atoms with Crippen LogP contribution in [-0.2, 0) is 14.8 Å². The van der Waals surface area contributed by atoms with Crippen molar-refractivity contribution < 1.29 is 13.2 Å². The molecule has 6 nitrogen and oxygen atoms in total. The van der Waals surface area contributed by atoms with Crippen LogP contribution in [0, 0.1) is 27.7 Å². The predicted octanol–water partition coefficient (Wildman–Crippen LogP) is 3.41. The highest BCUT2D eigenvalue weighted by atomic mass is 32.2. The fraction of sp³-hybridized carbons (Fsp3) is 0.444. The number of anilines is 1. The lowest BCUT2D eigenvalue weighted by Gasteiger charge is -2.27. The number of thiazole rings is 1. The lowest BCUT2D eigenvalue weighted by Crippen LogP contribution is -2.42. The lowest BCUT2D eigenvalue weighted by molar-refractivity contribution is -0.116. The molecule has 1 heterocycles. The average molecular weight is 396 g/mol. The number of carbonyl (C=O) groups excluding carboxylic acids is 1. The molecule has 0 unspecified atom stereocenters. The first-order valence-electron chi connectivity index (χ1n) is 8.34. The van der Waals surface area contributed by atoms with Gasteiger partial charge in [-0.15, -0.1) is 11.3 Å². The predicted molar refractivity (Wildman–Crippen MR) is 105 cm³/mol. The van der Waals surface area contributed by atoms with Gasteiger partial charge in [0.05, 0.1) is 11.4 Å². The quantitative estimate of drug-likeness (QED) is 0.813. The monoisotopic (exact) mass is 395 g/mol. The van der Waals surface area contributed by atoms with Crippen molar-refractivity contribution in [1.29, 1.82) is 0 Å². The van der Waals surface area contributed by atoms with E-state index in [-0.39, 0.29) is 17.5 Å². The van der Waals surface area contributed by atoms with Crippen molar-refractivity contribution >= 4 is 32.4 Å². The van der Waals surface area contributed by atoms with E-state index in [4.69, 9.17) is 0 Å². The highest BCUT2D eigenvalue weighted by molar-refractivity contribution is 7.89. The van der Waals surface area contributed by atoms with Gasteiger partial charge < -0.3 is 5.32 Å². The topological polar surface area (TPSA) is 79.4 Å². The Morgan fingerprint density at radius 1 is 1.19 bits per heavy atom. The van der Waals surface area contributed by atoms with Crippen molar-refractivity contribution in [1.82, 2.24) is 9.29 Å². The number of benzene rings is 1. The Balaban J connectivity index is 2.32. The van der Waals surface area contributed by atoms with E-state index in [2.05, 4.69) is 10.3 Å². The number of nitrogens with zero attached hydrogens (tertiary/aromatic N) is 2. The molecule has 2 rings (SSSR count). The Bertz CT molecular complexity index is 895. The zero-order valence-electron chi connectivity index (χ0n) is 16.0. The first-order valence-corrected chi connectivity index (χ1v) is 10.6. The van der Waals surface area contributed by atoms with Gasteiger partial charge in [-0.1, -0.05) is 17.7 Å². The third-order valence-electron chi connectivity index (χ3n) is 3.91. The Morgan fingerprint density at radius 2 is 1.77 bits per heavy atom. The largest absolute Gasteiger partial charge is 0.301 e. The van der Waals surface area contributed by atoms with Crippen LogP contribution in [0.5, 0.6) is 0 Å². The first-order chi connectivity index (χ1) is 12.0. The summed E-state index contributed by atoms with van der Waals surface area (Å²) >= 11 is 1.35. The molecule has 0 bridgehead atoms. The smallest absolute Gasteiger partial charge is 0.244 e. The summed E-state index contributed by atoms with van der Waals surface area (Å²) in [5.41, 5.74) is 2.38. The zero-order valence-corrected chi connectivity index (χ0v) is 17.6. The molecule has 8 heteroatoms. The van der Waals surface area contributed by atoms with Crippen LogP contribution in [0.25, 0.3) is 0 Å². The molecular weight excluding hydrogens is 370 g/mol. The summed E-state index contributed by atoms with van der Waals surface area (Å²) in [6.07, 6.45) is 1.66. The van der Waals surface area contributed by atoms with Gasteiger partial charge in [-0.05, 0) is 52.7 Å². The molecule has 0 aliphatic rings. The van der Waals surface area contributed by atoms with Crippen LogP contribution in [0.3, 0.4) is 0 Å². The van der Waals surface area contributed by atoms with Crippen LogP contribution in [0.15, 0.2) is 23.2 Å². The van der Waals surface area contributed by atoms with E-state index < -0.39 is 15.9 Å². The summed E-state index contributed by atoms with van der Waals surface area (Å²) in [5.74, 6) is -0.404. The van der Waals surface area contributed by atoms with Gasteiger partial charge in [0.25, 0.3) is 0 Å². The van der Waals surface area contributed by atoms with E-state index in [9.17, 15) is 13.2 Å². The minimum atomic E-state index is -3.81. The number of hydrogen-bond donors (Lipinski definition) is 1. The van der Waals surface area contributed by atoms with Crippen LogP contribution < -0.4 is 5.32 Å². The summed E-state index contributed by atoms with van der Waals surface area (Å²) in [6, 6.07) is 3.33. The van der Waals surface area contributed by atoms with E-state index >= 15 is 0 Å². The van der Waals surface area contributed by atoms with Crippen LogP contribution in [-0.4, -0.2) is 36.2 Å². The molecule has 0 atom stereocenters. The fourth-order valence-electron chi connectivity index (χ4n) is 2.95. The van der Waals surface area contributed by atoms with E-state index in [0.29, 0.717) is 16.3 Å². The molecule has 0 spiro atoms. The van der Waals surface area contributed by atoms with E-state index in [1.807, 2.05) is 26.0 Å². The second-order valence-corrected chi connectivity index (χ2v) is 9.76. The number of sulfonamides is 1. The second-order valence-electron chi connectivity index (χ2n) is 6.70. The van der Waals surface area contributed by atoms with Gasteiger partial charge in [0.2, 0.25) is 15.9 Å². The molecule has 0 radical (unpaired) electrons. The van der Waals surface area contributed by atoms with Crippen LogP contribution in [0.1, 0.15) is 35.4 Å². The summed E-state index contributed by atoms with van der Waals surface area (Å²) in [7, 11) is -3.81. The molecule has 0 aliphatic carbocycles. The zero-order chi connectivity index (χ0) is 19.6. The fourth-order valence-corrected chi connectivity index (χ4v) is 5.64. The maximum Gasteiger partial charge on any atom is 0.244 e. The molecule has 26 heavy (non-hydrogen) atoms. The Kier molecular flexibility index (Phi) is 6.21. The molecular formula is C18H25N3O3S2. The SMILES string of the molecule is Cc1cc(C)c(S(=O)(=O)N(CC(=O)Nc2ncc(C)s2)C(C)C)c(C)c1. The van der Waals surface area contributed by atoms with Gasteiger partial charge in [-0.25, -0.2) is 13.4 Å². The highest BCUT2D eigenvalue weighted by Gasteiger charge is 2.31. The number of carbonyl (C=O) groups is 1. The molecule has 1 aromatic carbocycles. The van der Waals surface area contributed by atoms with Gasteiger partial charge >= 0.3 is 0 Å². The van der Waals surface area contributed by atoms with E-state index in [1.54, 1.807) is 33.9 Å². The van der Waals surface area contributed by atoms with Gasteiger partial charge in [0, 0.05) is 17.1 Å². The van der Waals surface area contributed by atoms with Gasteiger partial charge in [-0.2, -0.15) is 4.31 Å². The summed E-state index contributed by atoms with van der Waals surface area (Å²) in [4.78, 5) is 17.7. The number of rotatable bonds is 6. The molecule has 0 fully saturated rings. The minimum absolute atomic E-state index is 0.259. The number of amides is 1. The molecule has 142 valence electrons. The third-order valence-corrected chi connectivity index (χ3v) is 7.07. The Hall–Kier alpha value is -1.77. The van der Waals surface area contributed by atoms with Crippen molar-refractivity contribution in [3.05, 3.63) is 39.9 Å². The van der Waals surface area contributed by atoms with Crippen molar-refractivity contribution in [2.75, 3.05) is 11.9 Å². The maximum atomic E-state index is 13.3. The third kappa shape index (κ3) is 4.49. The molecule has 0 saturated heterocycles. The van der Waals surface area contributed by atoms with Gasteiger partial charge in [-0.3, -0.25) is 4.79 Å². The number of hydrogen-bond acceptors (Lipinski definition) is 5. The molecule has 1 N–H and O–H groups in total. The number of aromatic nitrogens is 1. The van der Waals surface area contributed by atoms with Crippen molar-refractivity contribution in [2.45, 2.75) is 52.5 Å². The molecule has 1 amide bonds. The molecule has 1 aromatic heterocycles. The molecule has 0 saturated carbocycles. The molecule has 2 aromatic rings. The summed E-state index contributed by atoms with van der Waals surface area (Å²) in [5, 5.41) is 3.14. The second kappa shape index (κ2) is 7.85. The normalized spacial score (nSPS) is 12.0. The van der Waals surface area contributed by atoms with E-state index in [1.165, 1.54) is 15.6 Å². The minimum Gasteiger partial charge on any atom is -0.301 e. The van der Waals surface area contributed by atoms with Crippen molar-refractivity contribution in [3.8, 4) is 0 Å². The Labute approximate surface area is 159 Å². The van der Waals surface area contributed by atoms with Crippen molar-refractivity contribution in [3.63, 3.8) is 0 Å². The number of aryl methyl sites for hydroxylation is 4. The maximum absolute atomic E-state index is 13.3. The highest BCUT2D eigenvalue weighted by Crippen LogP contribution is 2.26. The first kappa shape index (κ1) is 20.5. The average Bonchev–Trinajstić information content (AvgIpc) is 2.87. The number of nitrogens with one attached hydrogen (secondary N) is 1. The van der Waals surface area contributed by atoms with E-state index in [0.717, 1.165) is 10.4 Å². The standard InChI is InChI=1S/C18H25N3O3S2/c1-11(2)21(10-16(22)20-18-19-9-15(6)25-18)26(23,24)17-13(4)7-12(3)8-14(17)5/h7-9,11H,10H2,1-6H3,(H,19,20,22). The lowest BCUT2D eigenvalue weighted by atomic mass is 10.1.